The number of benzene rings is 2. The highest BCUT2D eigenvalue weighted by atomic mass is 35.5. The van der Waals surface area contributed by atoms with E-state index in [-0.39, 0.29) is 5.91 Å². The van der Waals surface area contributed by atoms with E-state index in [0.717, 1.165) is 24.1 Å². The zero-order chi connectivity index (χ0) is 17.1. The molecule has 0 saturated heterocycles. The van der Waals surface area contributed by atoms with Gasteiger partial charge in [0.25, 0.3) is 0 Å². The van der Waals surface area contributed by atoms with Gasteiger partial charge in [0.2, 0.25) is 5.91 Å². The van der Waals surface area contributed by atoms with Gasteiger partial charge in [-0.1, -0.05) is 41.4 Å². The molecule has 2 aromatic carbocycles. The van der Waals surface area contributed by atoms with E-state index in [1.165, 1.54) is 17.5 Å². The average molecular weight is 363 g/mol. The molecule has 0 aliphatic heterocycles. The van der Waals surface area contributed by atoms with Gasteiger partial charge in [-0.05, 0) is 61.2 Å². The number of halogens is 2. The molecule has 0 aromatic heterocycles. The fourth-order valence-corrected chi connectivity index (χ4v) is 3.49. The Bertz CT molecular complexity index is 761. The molecule has 3 nitrogen and oxygen atoms in total. The zero-order valence-electron chi connectivity index (χ0n) is 13.6. The summed E-state index contributed by atoms with van der Waals surface area (Å²) in [6.45, 7) is 0.858. The Labute approximate surface area is 152 Å². The first-order valence-corrected chi connectivity index (χ1v) is 8.81. The van der Waals surface area contributed by atoms with Crippen LogP contribution in [0, 0.1) is 0 Å². The summed E-state index contributed by atoms with van der Waals surface area (Å²) in [4.78, 5) is 14.2. The molecule has 3 rings (SSSR count). The first-order valence-electron chi connectivity index (χ1n) is 8.06. The summed E-state index contributed by atoms with van der Waals surface area (Å²) in [6, 6.07) is 11.7. The van der Waals surface area contributed by atoms with Gasteiger partial charge in [0.15, 0.2) is 0 Å². The highest BCUT2D eigenvalue weighted by Gasteiger charge is 2.13. The minimum absolute atomic E-state index is 0.0337. The van der Waals surface area contributed by atoms with Gasteiger partial charge in [-0.25, -0.2) is 0 Å². The molecule has 0 saturated carbocycles. The van der Waals surface area contributed by atoms with E-state index in [0.29, 0.717) is 23.1 Å². The molecule has 0 atom stereocenters. The minimum Gasteiger partial charge on any atom is -0.325 e. The molecule has 0 radical (unpaired) electrons. The Kier molecular flexibility index (Phi) is 5.44. The van der Waals surface area contributed by atoms with Crippen LogP contribution in [0.25, 0.3) is 0 Å². The second-order valence-electron chi connectivity index (χ2n) is 6.27. The van der Waals surface area contributed by atoms with Crippen LogP contribution >= 0.6 is 23.2 Å². The fourth-order valence-electron chi connectivity index (χ4n) is 3.11. The number of nitrogens with zero attached hydrogens (tertiary/aromatic N) is 1. The predicted molar refractivity (Wildman–Crippen MR) is 99.9 cm³/mol. The summed E-state index contributed by atoms with van der Waals surface area (Å²) in [6.07, 6.45) is 3.45. The molecule has 24 heavy (non-hydrogen) atoms. The van der Waals surface area contributed by atoms with Crippen molar-refractivity contribution in [3.05, 3.63) is 63.1 Å². The lowest BCUT2D eigenvalue weighted by Crippen LogP contribution is -2.30. The number of hydrogen-bond acceptors (Lipinski definition) is 2. The van der Waals surface area contributed by atoms with Crippen molar-refractivity contribution < 1.29 is 4.79 Å². The van der Waals surface area contributed by atoms with Crippen molar-refractivity contribution in [1.82, 2.24) is 4.90 Å². The number of anilines is 1. The number of aryl methyl sites for hydroxylation is 2. The summed E-state index contributed by atoms with van der Waals surface area (Å²) in [5.41, 5.74) is 4.54. The first-order chi connectivity index (χ1) is 11.5. The monoisotopic (exact) mass is 362 g/mol. The highest BCUT2D eigenvalue weighted by Crippen LogP contribution is 2.26. The lowest BCUT2D eigenvalue weighted by Gasteiger charge is -2.17. The Hall–Kier alpha value is -1.55. The van der Waals surface area contributed by atoms with Gasteiger partial charge in [0.05, 0.1) is 16.6 Å². The summed E-state index contributed by atoms with van der Waals surface area (Å²) >= 11 is 12.2. The summed E-state index contributed by atoms with van der Waals surface area (Å²) in [5, 5.41) is 4.05. The third-order valence-corrected chi connectivity index (χ3v) is 5.13. The van der Waals surface area contributed by atoms with Crippen LogP contribution in [0.3, 0.4) is 0 Å². The maximum atomic E-state index is 12.3. The molecular weight excluding hydrogens is 343 g/mol. The number of amides is 1. The molecule has 1 aliphatic carbocycles. The van der Waals surface area contributed by atoms with Crippen molar-refractivity contribution in [2.45, 2.75) is 25.8 Å². The van der Waals surface area contributed by atoms with Crippen molar-refractivity contribution in [2.24, 2.45) is 0 Å². The van der Waals surface area contributed by atoms with Gasteiger partial charge in [-0.2, -0.15) is 0 Å². The fraction of sp³-hybridized carbons (Fsp3) is 0.316. The van der Waals surface area contributed by atoms with Crippen LogP contribution in [0.2, 0.25) is 10.0 Å². The number of hydrogen-bond donors (Lipinski definition) is 1. The number of nitrogens with one attached hydrogen (secondary N) is 1. The maximum Gasteiger partial charge on any atom is 0.238 e. The Balaban J connectivity index is 1.57. The molecule has 0 fully saturated rings. The Morgan fingerprint density at radius 1 is 1.17 bits per heavy atom. The number of carbonyl (C=O) groups is 1. The smallest absolute Gasteiger partial charge is 0.238 e. The first kappa shape index (κ1) is 17.3. The van der Waals surface area contributed by atoms with E-state index in [1.807, 2.05) is 30.1 Å². The van der Waals surface area contributed by atoms with Crippen LogP contribution in [0.4, 0.5) is 5.69 Å². The SMILES string of the molecule is CN(CC(=O)Nc1ccc2c(c1)CCC2)Cc1cccc(Cl)c1Cl. The summed E-state index contributed by atoms with van der Waals surface area (Å²) in [5.74, 6) is -0.0337. The van der Waals surface area contributed by atoms with E-state index in [4.69, 9.17) is 23.2 Å². The van der Waals surface area contributed by atoms with E-state index < -0.39 is 0 Å². The molecule has 0 spiro atoms. The van der Waals surface area contributed by atoms with Crippen molar-refractivity contribution in [3.63, 3.8) is 0 Å². The minimum atomic E-state index is -0.0337. The molecule has 1 amide bonds. The molecule has 1 N–H and O–H groups in total. The van der Waals surface area contributed by atoms with Crippen LogP contribution in [-0.2, 0) is 24.2 Å². The number of carbonyl (C=O) groups excluding carboxylic acids is 1. The van der Waals surface area contributed by atoms with Crippen LogP contribution in [-0.4, -0.2) is 24.4 Å². The molecule has 0 unspecified atom stereocenters. The molecular formula is C19H20Cl2N2O. The second kappa shape index (κ2) is 7.56. The van der Waals surface area contributed by atoms with Gasteiger partial charge in [-0.3, -0.25) is 9.69 Å². The van der Waals surface area contributed by atoms with E-state index >= 15 is 0 Å². The quantitative estimate of drug-likeness (QED) is 0.845. The molecule has 126 valence electrons. The topological polar surface area (TPSA) is 32.3 Å². The standard InChI is InChI=1S/C19H20Cl2N2O/c1-23(11-15-6-3-7-17(20)19(15)21)12-18(24)22-16-9-8-13-4-2-5-14(13)10-16/h3,6-10H,2,4-5,11-12H2,1H3,(H,22,24). The largest absolute Gasteiger partial charge is 0.325 e. The van der Waals surface area contributed by atoms with E-state index in [9.17, 15) is 4.79 Å². The van der Waals surface area contributed by atoms with Crippen molar-refractivity contribution in [3.8, 4) is 0 Å². The average Bonchev–Trinajstić information content (AvgIpc) is 2.99. The van der Waals surface area contributed by atoms with E-state index in [2.05, 4.69) is 17.4 Å². The van der Waals surface area contributed by atoms with Gasteiger partial charge >= 0.3 is 0 Å². The van der Waals surface area contributed by atoms with Crippen LogP contribution in [0.1, 0.15) is 23.1 Å². The van der Waals surface area contributed by atoms with Gasteiger partial charge < -0.3 is 5.32 Å². The van der Waals surface area contributed by atoms with Crippen molar-refractivity contribution >= 4 is 34.8 Å². The van der Waals surface area contributed by atoms with Crippen LogP contribution in [0.15, 0.2) is 36.4 Å². The van der Waals surface area contributed by atoms with Crippen molar-refractivity contribution in [1.29, 1.82) is 0 Å². The molecule has 1 aliphatic rings. The lowest BCUT2D eigenvalue weighted by atomic mass is 10.1. The Morgan fingerprint density at radius 3 is 2.79 bits per heavy atom. The third-order valence-electron chi connectivity index (χ3n) is 4.27. The zero-order valence-corrected chi connectivity index (χ0v) is 15.1. The molecule has 0 heterocycles. The van der Waals surface area contributed by atoms with Crippen LogP contribution in [0.5, 0.6) is 0 Å². The van der Waals surface area contributed by atoms with Gasteiger partial charge in [0, 0.05) is 12.2 Å². The third kappa shape index (κ3) is 4.10. The van der Waals surface area contributed by atoms with Gasteiger partial charge in [0.1, 0.15) is 0 Å². The highest BCUT2D eigenvalue weighted by molar-refractivity contribution is 6.42. The lowest BCUT2D eigenvalue weighted by molar-refractivity contribution is -0.117. The second-order valence-corrected chi connectivity index (χ2v) is 7.06. The molecule has 0 bridgehead atoms. The van der Waals surface area contributed by atoms with Crippen LogP contribution < -0.4 is 5.32 Å². The van der Waals surface area contributed by atoms with E-state index in [1.54, 1.807) is 6.07 Å². The summed E-state index contributed by atoms with van der Waals surface area (Å²) in [7, 11) is 1.89. The molecule has 5 heteroatoms. The Morgan fingerprint density at radius 2 is 1.96 bits per heavy atom. The van der Waals surface area contributed by atoms with Gasteiger partial charge in [-0.15, -0.1) is 0 Å². The molecule has 2 aromatic rings. The van der Waals surface area contributed by atoms with Crippen molar-refractivity contribution in [2.75, 3.05) is 18.9 Å². The number of likely N-dealkylation sites (N-methyl/N-ethyl adjacent to an activating group) is 1. The number of rotatable bonds is 5. The normalized spacial score (nSPS) is 13.2. The maximum absolute atomic E-state index is 12.3. The summed E-state index contributed by atoms with van der Waals surface area (Å²) < 4.78 is 0. The predicted octanol–water partition coefficient (Wildman–Crippen LogP) is 4.55. The number of fused-ring (bicyclic) bond motifs is 1.